The molecule has 0 saturated carbocycles. The van der Waals surface area contributed by atoms with Gasteiger partial charge in [-0.25, -0.2) is 4.79 Å². The standard InChI is InChI=1S/C30H28ClNO5/c1-5-37-30(33)29-27(18-6-10-21(31)11-7-18)26(19-8-12-22(34-2)13-9-19)28-23-17-25(36-4)24(35-3)16-20(23)14-15-32(28)29/h6-13,16-17H,5,14-15H2,1-4H3. The number of fused-ring (bicyclic) bond motifs is 3. The van der Waals surface area contributed by atoms with Crippen LogP contribution in [0, 0.1) is 0 Å². The summed E-state index contributed by atoms with van der Waals surface area (Å²) in [6, 6.07) is 19.4. The molecule has 4 aromatic rings. The zero-order chi connectivity index (χ0) is 26.1. The summed E-state index contributed by atoms with van der Waals surface area (Å²) in [4.78, 5) is 13.5. The number of benzene rings is 3. The Morgan fingerprint density at radius 1 is 0.865 bits per heavy atom. The number of aryl methyl sites for hydroxylation is 1. The van der Waals surface area contributed by atoms with Gasteiger partial charge < -0.3 is 23.5 Å². The lowest BCUT2D eigenvalue weighted by Gasteiger charge is -2.24. The zero-order valence-electron chi connectivity index (χ0n) is 21.3. The molecule has 0 unspecified atom stereocenters. The number of hydrogen-bond acceptors (Lipinski definition) is 5. The Kier molecular flexibility index (Phi) is 6.85. The van der Waals surface area contributed by atoms with Gasteiger partial charge in [0.1, 0.15) is 11.4 Å². The van der Waals surface area contributed by atoms with E-state index in [1.165, 1.54) is 0 Å². The van der Waals surface area contributed by atoms with E-state index in [0.717, 1.165) is 51.2 Å². The van der Waals surface area contributed by atoms with E-state index < -0.39 is 0 Å². The van der Waals surface area contributed by atoms with Crippen LogP contribution in [-0.4, -0.2) is 38.5 Å². The van der Waals surface area contributed by atoms with Crippen molar-refractivity contribution in [1.29, 1.82) is 0 Å². The van der Waals surface area contributed by atoms with Crippen molar-refractivity contribution in [2.24, 2.45) is 0 Å². The van der Waals surface area contributed by atoms with Crippen molar-refractivity contribution in [3.8, 4) is 50.8 Å². The van der Waals surface area contributed by atoms with E-state index in [0.29, 0.717) is 28.8 Å². The summed E-state index contributed by atoms with van der Waals surface area (Å²) in [5.74, 6) is 1.69. The van der Waals surface area contributed by atoms with E-state index >= 15 is 0 Å². The van der Waals surface area contributed by atoms with Crippen LogP contribution in [0.25, 0.3) is 33.5 Å². The van der Waals surface area contributed by atoms with Crippen LogP contribution >= 0.6 is 11.6 Å². The topological polar surface area (TPSA) is 58.9 Å². The highest BCUT2D eigenvalue weighted by atomic mass is 35.5. The number of rotatable bonds is 7. The fourth-order valence-corrected chi connectivity index (χ4v) is 5.18. The molecule has 0 N–H and O–H groups in total. The maximum Gasteiger partial charge on any atom is 0.355 e. The SMILES string of the molecule is CCOC(=O)c1c(-c2ccc(Cl)cc2)c(-c2ccc(OC)cc2)c2n1CCc1cc(OC)c(OC)cc1-2. The van der Waals surface area contributed by atoms with Crippen LogP contribution < -0.4 is 14.2 Å². The first-order chi connectivity index (χ1) is 18.0. The average molecular weight is 518 g/mol. The monoisotopic (exact) mass is 517 g/mol. The molecule has 0 radical (unpaired) electrons. The second kappa shape index (κ2) is 10.2. The number of hydrogen-bond donors (Lipinski definition) is 0. The van der Waals surface area contributed by atoms with Gasteiger partial charge in [0.05, 0.1) is 33.6 Å². The van der Waals surface area contributed by atoms with E-state index in [1.807, 2.05) is 67.6 Å². The second-order valence-electron chi connectivity index (χ2n) is 8.67. The van der Waals surface area contributed by atoms with Crippen molar-refractivity contribution in [2.75, 3.05) is 27.9 Å². The minimum absolute atomic E-state index is 0.277. The van der Waals surface area contributed by atoms with Gasteiger partial charge in [-0.2, -0.15) is 0 Å². The van der Waals surface area contributed by atoms with Crippen LogP contribution in [0.5, 0.6) is 17.2 Å². The van der Waals surface area contributed by atoms with Gasteiger partial charge in [0.25, 0.3) is 0 Å². The summed E-state index contributed by atoms with van der Waals surface area (Å²) < 4.78 is 24.3. The molecule has 2 heterocycles. The van der Waals surface area contributed by atoms with Crippen LogP contribution in [0.1, 0.15) is 23.0 Å². The van der Waals surface area contributed by atoms with Gasteiger partial charge in [0, 0.05) is 28.3 Å². The molecule has 190 valence electrons. The second-order valence-corrected chi connectivity index (χ2v) is 9.11. The molecular weight excluding hydrogens is 490 g/mol. The number of nitrogens with zero attached hydrogens (tertiary/aromatic N) is 1. The molecule has 6 nitrogen and oxygen atoms in total. The number of aromatic nitrogens is 1. The third kappa shape index (κ3) is 4.31. The minimum atomic E-state index is -0.364. The third-order valence-electron chi connectivity index (χ3n) is 6.71. The fourth-order valence-electron chi connectivity index (χ4n) is 5.05. The molecule has 7 heteroatoms. The summed E-state index contributed by atoms with van der Waals surface area (Å²) in [5, 5.41) is 0.624. The Balaban J connectivity index is 1.90. The van der Waals surface area contributed by atoms with Crippen LogP contribution in [0.15, 0.2) is 60.7 Å². The minimum Gasteiger partial charge on any atom is -0.497 e. The molecule has 1 aliphatic heterocycles. The Morgan fingerprint density at radius 3 is 2.11 bits per heavy atom. The van der Waals surface area contributed by atoms with Gasteiger partial charge in [0.15, 0.2) is 11.5 Å². The van der Waals surface area contributed by atoms with Crippen LogP contribution in [0.2, 0.25) is 5.02 Å². The highest BCUT2D eigenvalue weighted by Crippen LogP contribution is 2.49. The lowest BCUT2D eigenvalue weighted by atomic mass is 9.90. The highest BCUT2D eigenvalue weighted by molar-refractivity contribution is 6.30. The Labute approximate surface area is 221 Å². The number of methoxy groups -OCH3 is 3. The summed E-state index contributed by atoms with van der Waals surface area (Å²) in [6.07, 6.45) is 0.728. The average Bonchev–Trinajstić information content (AvgIpc) is 3.28. The lowest BCUT2D eigenvalue weighted by molar-refractivity contribution is 0.0515. The van der Waals surface area contributed by atoms with Gasteiger partial charge >= 0.3 is 5.97 Å². The fraction of sp³-hybridized carbons (Fsp3) is 0.233. The number of ether oxygens (including phenoxy) is 4. The van der Waals surface area contributed by atoms with Crippen LogP contribution in [0.3, 0.4) is 0 Å². The quantitative estimate of drug-likeness (QED) is 0.249. The Bertz CT molecular complexity index is 1460. The number of carbonyl (C=O) groups is 1. The Hall–Kier alpha value is -3.90. The van der Waals surface area contributed by atoms with Crippen LogP contribution in [-0.2, 0) is 17.7 Å². The van der Waals surface area contributed by atoms with Crippen molar-refractivity contribution in [2.45, 2.75) is 19.9 Å². The van der Waals surface area contributed by atoms with Crippen molar-refractivity contribution >= 4 is 17.6 Å². The summed E-state index contributed by atoms with van der Waals surface area (Å²) in [7, 11) is 4.90. The third-order valence-corrected chi connectivity index (χ3v) is 6.97. The van der Waals surface area contributed by atoms with E-state index in [-0.39, 0.29) is 12.6 Å². The first kappa shape index (κ1) is 24.8. The van der Waals surface area contributed by atoms with Crippen LogP contribution in [0.4, 0.5) is 0 Å². The van der Waals surface area contributed by atoms with Gasteiger partial charge in [-0.1, -0.05) is 35.9 Å². The molecule has 0 aliphatic carbocycles. The molecule has 1 aromatic heterocycles. The first-order valence-electron chi connectivity index (χ1n) is 12.1. The van der Waals surface area contributed by atoms with Gasteiger partial charge in [-0.05, 0) is 66.4 Å². The summed E-state index contributed by atoms with van der Waals surface area (Å²) in [5.41, 5.74) is 7.12. The van der Waals surface area contributed by atoms with E-state index in [2.05, 4.69) is 4.57 Å². The molecule has 37 heavy (non-hydrogen) atoms. The van der Waals surface area contributed by atoms with Crippen molar-refractivity contribution in [1.82, 2.24) is 4.57 Å². The maximum absolute atomic E-state index is 13.5. The lowest BCUT2D eigenvalue weighted by Crippen LogP contribution is -2.18. The number of carbonyl (C=O) groups excluding carboxylic acids is 1. The molecule has 0 bridgehead atoms. The zero-order valence-corrected chi connectivity index (χ0v) is 22.0. The van der Waals surface area contributed by atoms with Crippen molar-refractivity contribution < 1.29 is 23.7 Å². The summed E-state index contributed by atoms with van der Waals surface area (Å²) >= 11 is 6.23. The molecule has 3 aromatic carbocycles. The molecule has 0 amide bonds. The predicted octanol–water partition coefficient (Wildman–Crippen LogP) is 6.90. The summed E-state index contributed by atoms with van der Waals surface area (Å²) in [6.45, 7) is 2.71. The smallest absolute Gasteiger partial charge is 0.355 e. The molecule has 0 spiro atoms. The molecule has 5 rings (SSSR count). The first-order valence-corrected chi connectivity index (χ1v) is 12.5. The highest BCUT2D eigenvalue weighted by Gasteiger charge is 2.33. The molecular formula is C30H28ClNO5. The molecule has 1 aliphatic rings. The maximum atomic E-state index is 13.5. The van der Waals surface area contributed by atoms with Gasteiger partial charge in [0.2, 0.25) is 0 Å². The largest absolute Gasteiger partial charge is 0.497 e. The van der Waals surface area contributed by atoms with Crippen molar-refractivity contribution in [3.63, 3.8) is 0 Å². The van der Waals surface area contributed by atoms with Crippen molar-refractivity contribution in [3.05, 3.63) is 76.9 Å². The van der Waals surface area contributed by atoms with E-state index in [4.69, 9.17) is 30.5 Å². The molecule has 0 atom stereocenters. The van der Waals surface area contributed by atoms with E-state index in [1.54, 1.807) is 21.3 Å². The molecule has 0 fully saturated rings. The molecule has 0 saturated heterocycles. The van der Waals surface area contributed by atoms with Gasteiger partial charge in [-0.15, -0.1) is 0 Å². The predicted molar refractivity (Wildman–Crippen MR) is 145 cm³/mol. The normalized spacial score (nSPS) is 11.9. The number of halogens is 1. The number of esters is 1. The van der Waals surface area contributed by atoms with Gasteiger partial charge in [-0.3, -0.25) is 0 Å². The Morgan fingerprint density at radius 2 is 1.49 bits per heavy atom. The van der Waals surface area contributed by atoms with E-state index in [9.17, 15) is 4.79 Å².